The first-order valence-electron chi connectivity index (χ1n) is 8.54. The third-order valence-electron chi connectivity index (χ3n) is 5.13. The number of carbonyl (C=O) groups is 1. The van der Waals surface area contributed by atoms with Gasteiger partial charge in [-0.25, -0.2) is 0 Å². The molecule has 1 saturated heterocycles. The average Bonchev–Trinajstić information content (AvgIpc) is 3.00. The van der Waals surface area contributed by atoms with E-state index in [9.17, 15) is 4.79 Å². The molecule has 2 aliphatic heterocycles. The SMILES string of the molecule is Cc1ccc(C2CC(N3CCCC3=O)c3cc(Cl)ccc3N2)cc1. The highest BCUT2D eigenvalue weighted by molar-refractivity contribution is 6.30. The molecule has 0 spiro atoms. The maximum Gasteiger partial charge on any atom is 0.223 e. The summed E-state index contributed by atoms with van der Waals surface area (Å²) in [5.74, 6) is 0.260. The maximum absolute atomic E-state index is 12.3. The fraction of sp³-hybridized carbons (Fsp3) is 0.350. The van der Waals surface area contributed by atoms with Gasteiger partial charge < -0.3 is 10.2 Å². The van der Waals surface area contributed by atoms with Gasteiger partial charge in [0, 0.05) is 23.7 Å². The number of hydrogen-bond donors (Lipinski definition) is 1. The van der Waals surface area contributed by atoms with Gasteiger partial charge in [0.25, 0.3) is 0 Å². The monoisotopic (exact) mass is 340 g/mol. The number of benzene rings is 2. The Bertz CT molecular complexity index is 772. The number of rotatable bonds is 2. The lowest BCUT2D eigenvalue weighted by Crippen LogP contribution is -2.35. The second-order valence-corrected chi connectivity index (χ2v) is 7.22. The summed E-state index contributed by atoms with van der Waals surface area (Å²) in [4.78, 5) is 14.4. The zero-order valence-corrected chi connectivity index (χ0v) is 14.5. The topological polar surface area (TPSA) is 32.3 Å². The first-order chi connectivity index (χ1) is 11.6. The van der Waals surface area contributed by atoms with E-state index < -0.39 is 0 Å². The summed E-state index contributed by atoms with van der Waals surface area (Å²) in [5, 5.41) is 4.35. The Hall–Kier alpha value is -2.00. The summed E-state index contributed by atoms with van der Waals surface area (Å²) in [6.45, 7) is 2.94. The van der Waals surface area contributed by atoms with Crippen LogP contribution in [0.5, 0.6) is 0 Å². The number of halogens is 1. The second kappa shape index (κ2) is 6.14. The van der Waals surface area contributed by atoms with Crippen LogP contribution in [0.2, 0.25) is 5.02 Å². The van der Waals surface area contributed by atoms with Crippen LogP contribution in [0.25, 0.3) is 0 Å². The molecule has 2 unspecified atom stereocenters. The molecule has 2 aliphatic rings. The molecule has 2 aromatic rings. The highest BCUT2D eigenvalue weighted by Crippen LogP contribution is 2.44. The third-order valence-corrected chi connectivity index (χ3v) is 5.36. The van der Waals surface area contributed by atoms with Crippen molar-refractivity contribution in [2.45, 2.75) is 38.3 Å². The largest absolute Gasteiger partial charge is 0.378 e. The molecule has 3 nitrogen and oxygen atoms in total. The Labute approximate surface area is 147 Å². The molecule has 0 aromatic heterocycles. The maximum atomic E-state index is 12.3. The van der Waals surface area contributed by atoms with E-state index in [1.807, 2.05) is 23.1 Å². The minimum Gasteiger partial charge on any atom is -0.378 e. The fourth-order valence-corrected chi connectivity index (χ4v) is 4.03. The van der Waals surface area contributed by atoms with E-state index in [0.29, 0.717) is 6.42 Å². The van der Waals surface area contributed by atoms with E-state index in [-0.39, 0.29) is 18.0 Å². The van der Waals surface area contributed by atoms with Gasteiger partial charge in [0.05, 0.1) is 12.1 Å². The van der Waals surface area contributed by atoms with Gasteiger partial charge in [-0.2, -0.15) is 0 Å². The molecular weight excluding hydrogens is 320 g/mol. The number of amides is 1. The predicted molar refractivity (Wildman–Crippen MR) is 97.3 cm³/mol. The van der Waals surface area contributed by atoms with Gasteiger partial charge in [0.15, 0.2) is 0 Å². The zero-order valence-electron chi connectivity index (χ0n) is 13.8. The Morgan fingerprint density at radius 1 is 1.17 bits per heavy atom. The Morgan fingerprint density at radius 3 is 2.67 bits per heavy atom. The quantitative estimate of drug-likeness (QED) is 0.846. The van der Waals surface area contributed by atoms with Crippen LogP contribution in [-0.4, -0.2) is 17.4 Å². The van der Waals surface area contributed by atoms with Crippen molar-refractivity contribution in [2.75, 3.05) is 11.9 Å². The molecule has 0 aliphatic carbocycles. The number of fused-ring (bicyclic) bond motifs is 1. The van der Waals surface area contributed by atoms with Gasteiger partial charge in [-0.15, -0.1) is 0 Å². The van der Waals surface area contributed by atoms with Crippen LogP contribution in [0.3, 0.4) is 0 Å². The Kier molecular flexibility index (Phi) is 3.97. The highest BCUT2D eigenvalue weighted by Gasteiger charge is 2.35. The van der Waals surface area contributed by atoms with Crippen molar-refractivity contribution in [1.29, 1.82) is 0 Å². The molecule has 2 heterocycles. The number of nitrogens with zero attached hydrogens (tertiary/aromatic N) is 1. The van der Waals surface area contributed by atoms with Gasteiger partial charge in [0.2, 0.25) is 5.91 Å². The van der Waals surface area contributed by atoms with Crippen LogP contribution in [0.15, 0.2) is 42.5 Å². The number of likely N-dealkylation sites (tertiary alicyclic amines) is 1. The molecule has 0 bridgehead atoms. The lowest BCUT2D eigenvalue weighted by Gasteiger charge is -2.38. The number of carbonyl (C=O) groups excluding carboxylic acids is 1. The average molecular weight is 341 g/mol. The van der Waals surface area contributed by atoms with Crippen molar-refractivity contribution in [3.8, 4) is 0 Å². The van der Waals surface area contributed by atoms with Crippen LogP contribution in [0, 0.1) is 6.92 Å². The normalized spacial score (nSPS) is 23.1. The number of anilines is 1. The van der Waals surface area contributed by atoms with Crippen LogP contribution in [-0.2, 0) is 4.79 Å². The van der Waals surface area contributed by atoms with E-state index in [2.05, 4.69) is 36.5 Å². The molecule has 4 heteroatoms. The molecule has 1 amide bonds. The van der Waals surface area contributed by atoms with Gasteiger partial charge in [-0.05, 0) is 49.1 Å². The van der Waals surface area contributed by atoms with Crippen molar-refractivity contribution in [3.63, 3.8) is 0 Å². The standard InChI is InChI=1S/C20H21ClN2O/c1-13-4-6-14(7-5-13)18-12-19(23-10-2-3-20(23)24)16-11-15(21)8-9-17(16)22-18/h4-9,11,18-19,22H,2-3,10,12H2,1H3. The number of hydrogen-bond acceptors (Lipinski definition) is 2. The summed E-state index contributed by atoms with van der Waals surface area (Å²) in [7, 11) is 0. The van der Waals surface area contributed by atoms with Crippen LogP contribution < -0.4 is 5.32 Å². The first kappa shape index (κ1) is 15.5. The smallest absolute Gasteiger partial charge is 0.223 e. The highest BCUT2D eigenvalue weighted by atomic mass is 35.5. The molecule has 0 saturated carbocycles. The Morgan fingerprint density at radius 2 is 1.96 bits per heavy atom. The molecule has 4 rings (SSSR count). The summed E-state index contributed by atoms with van der Waals surface area (Å²) in [6.07, 6.45) is 2.49. The van der Waals surface area contributed by atoms with Gasteiger partial charge in [-0.3, -0.25) is 4.79 Å². The molecule has 24 heavy (non-hydrogen) atoms. The second-order valence-electron chi connectivity index (χ2n) is 6.78. The zero-order chi connectivity index (χ0) is 16.7. The van der Waals surface area contributed by atoms with Crippen LogP contribution in [0.4, 0.5) is 5.69 Å². The third kappa shape index (κ3) is 2.78. The minimum absolute atomic E-state index is 0.0984. The van der Waals surface area contributed by atoms with Crippen molar-refractivity contribution >= 4 is 23.2 Å². The molecule has 2 atom stereocenters. The van der Waals surface area contributed by atoms with E-state index in [1.54, 1.807) is 0 Å². The molecule has 2 aromatic carbocycles. The van der Waals surface area contributed by atoms with Gasteiger partial charge in [0.1, 0.15) is 0 Å². The lowest BCUT2D eigenvalue weighted by molar-refractivity contribution is -0.130. The lowest BCUT2D eigenvalue weighted by atomic mass is 9.88. The molecule has 0 radical (unpaired) electrons. The summed E-state index contributed by atoms with van der Waals surface area (Å²) in [5.41, 5.74) is 4.74. The summed E-state index contributed by atoms with van der Waals surface area (Å²) < 4.78 is 0. The summed E-state index contributed by atoms with van der Waals surface area (Å²) in [6, 6.07) is 14.9. The first-order valence-corrected chi connectivity index (χ1v) is 8.91. The Balaban J connectivity index is 1.73. The van der Waals surface area contributed by atoms with Crippen LogP contribution in [0.1, 0.15) is 48.0 Å². The van der Waals surface area contributed by atoms with Crippen molar-refractivity contribution in [2.24, 2.45) is 0 Å². The summed E-state index contributed by atoms with van der Waals surface area (Å²) >= 11 is 6.22. The van der Waals surface area contributed by atoms with Crippen molar-refractivity contribution in [1.82, 2.24) is 4.90 Å². The van der Waals surface area contributed by atoms with Crippen molar-refractivity contribution < 1.29 is 4.79 Å². The van der Waals surface area contributed by atoms with Crippen LogP contribution >= 0.6 is 11.6 Å². The van der Waals surface area contributed by atoms with E-state index in [0.717, 1.165) is 35.7 Å². The van der Waals surface area contributed by atoms with Gasteiger partial charge in [-0.1, -0.05) is 41.4 Å². The molecular formula is C20H21ClN2O. The van der Waals surface area contributed by atoms with Gasteiger partial charge >= 0.3 is 0 Å². The van der Waals surface area contributed by atoms with E-state index in [1.165, 1.54) is 11.1 Å². The minimum atomic E-state index is 0.0984. The van der Waals surface area contributed by atoms with Crippen molar-refractivity contribution in [3.05, 3.63) is 64.2 Å². The molecule has 1 N–H and O–H groups in total. The molecule has 124 valence electrons. The predicted octanol–water partition coefficient (Wildman–Crippen LogP) is 4.87. The molecule has 1 fully saturated rings. The fourth-order valence-electron chi connectivity index (χ4n) is 3.85. The number of aryl methyl sites for hydroxylation is 1. The van der Waals surface area contributed by atoms with E-state index >= 15 is 0 Å². The van der Waals surface area contributed by atoms with E-state index in [4.69, 9.17) is 11.6 Å². The number of nitrogens with one attached hydrogen (secondary N) is 1.